The minimum absolute atomic E-state index is 0. The van der Waals surface area contributed by atoms with Gasteiger partial charge in [-0.2, -0.15) is 16.8 Å². The van der Waals surface area contributed by atoms with Crippen LogP contribution < -0.4 is 133 Å². The summed E-state index contributed by atoms with van der Waals surface area (Å²) in [6, 6.07) is 9.15. The molecule has 0 amide bonds. The van der Waals surface area contributed by atoms with E-state index in [-0.39, 0.29) is 118 Å². The molecular formula is C27H17N3Na4O16S5. The fourth-order valence-electron chi connectivity index (χ4n) is 4.78. The van der Waals surface area contributed by atoms with Crippen molar-refractivity contribution >= 4 is 89.2 Å². The summed E-state index contributed by atoms with van der Waals surface area (Å²) in [7, 11) is -26.7. The smallest absolute Gasteiger partial charge is 0.870 e. The molecule has 3 N–H and O–H groups in total. The van der Waals surface area contributed by atoms with Crippen LogP contribution in [0.1, 0.15) is 5.56 Å². The molecule has 0 heterocycles. The Bertz CT molecular complexity index is 2930. The Morgan fingerprint density at radius 3 is 1.71 bits per heavy atom. The van der Waals surface area contributed by atoms with Gasteiger partial charge >= 0.3 is 128 Å². The topological polar surface area (TPSA) is 343 Å². The van der Waals surface area contributed by atoms with E-state index in [1.165, 1.54) is 12.1 Å². The van der Waals surface area contributed by atoms with E-state index in [1.54, 1.807) is 6.92 Å². The van der Waals surface area contributed by atoms with E-state index >= 15 is 0 Å². The largest absolute Gasteiger partial charge is 1.00 e. The Morgan fingerprint density at radius 1 is 0.655 bits per heavy atom. The summed E-state index contributed by atoms with van der Waals surface area (Å²) in [5.41, 5.74) is 3.43. The molecule has 0 spiro atoms. The van der Waals surface area contributed by atoms with Gasteiger partial charge in [-0.15, -0.1) is 10.2 Å². The van der Waals surface area contributed by atoms with Gasteiger partial charge in [0, 0.05) is 22.5 Å². The van der Waals surface area contributed by atoms with Gasteiger partial charge in [-0.3, -0.25) is 4.55 Å². The third kappa shape index (κ3) is 11.5. The number of fused-ring (bicyclic) bond motifs is 2. The maximum Gasteiger partial charge on any atom is 1.00 e. The summed E-state index contributed by atoms with van der Waals surface area (Å²) >= 11 is 0. The Balaban J connectivity index is 0.00000378. The first kappa shape index (κ1) is 52.2. The number of nitrogens with two attached hydrogens (primary N) is 1. The van der Waals surface area contributed by atoms with E-state index < -0.39 is 125 Å². The minimum atomic E-state index is -5.67. The molecule has 0 aliphatic carbocycles. The third-order valence-electron chi connectivity index (χ3n) is 7.01. The molecule has 0 radical (unpaired) electrons. The number of azo groups is 1. The van der Waals surface area contributed by atoms with Crippen molar-refractivity contribution in [3.63, 3.8) is 0 Å². The molecule has 0 bridgehead atoms. The number of rotatable bonds is 9. The molecule has 5 aromatic carbocycles. The maximum absolute atomic E-state index is 13.4. The zero-order chi connectivity index (χ0) is 38.1. The molecule has 270 valence electrons. The number of aryl methyl sites for hydroxylation is 1. The summed E-state index contributed by atoms with van der Waals surface area (Å²) < 4.78 is 174. The molecular weight excluding hydrogens is 875 g/mol. The first-order chi connectivity index (χ1) is 23.3. The van der Waals surface area contributed by atoms with Crippen molar-refractivity contribution in [2.24, 2.45) is 10.2 Å². The first-order valence-corrected chi connectivity index (χ1v) is 20.3. The Labute approximate surface area is 402 Å². The molecule has 28 heteroatoms. The first-order valence-electron chi connectivity index (χ1n) is 13.2. The number of nitrogen functional groups attached to an aromatic ring is 1. The van der Waals surface area contributed by atoms with Crippen molar-refractivity contribution in [3.05, 3.63) is 72.3 Å². The summed E-state index contributed by atoms with van der Waals surface area (Å²) in [6.07, 6.45) is 0. The molecule has 0 unspecified atom stereocenters. The summed E-state index contributed by atoms with van der Waals surface area (Å²) in [5.74, 6) is -2.37. The second kappa shape index (κ2) is 18.6. The quantitative estimate of drug-likeness (QED) is 0.0456. The zero-order valence-corrected chi connectivity index (χ0v) is 41.0. The van der Waals surface area contributed by atoms with Crippen molar-refractivity contribution in [1.29, 1.82) is 0 Å². The van der Waals surface area contributed by atoms with Crippen molar-refractivity contribution in [3.8, 4) is 11.5 Å². The van der Waals surface area contributed by atoms with Crippen LogP contribution in [0.5, 0.6) is 11.5 Å². The van der Waals surface area contributed by atoms with Gasteiger partial charge in [0.15, 0.2) is 5.75 Å². The van der Waals surface area contributed by atoms with Gasteiger partial charge in [-0.25, -0.2) is 25.3 Å². The Kier molecular flexibility index (Phi) is 17.7. The molecule has 0 fully saturated rings. The minimum Gasteiger partial charge on any atom is -0.870 e. The fourth-order valence-corrected chi connectivity index (χ4v) is 8.24. The molecule has 0 aliphatic heterocycles. The van der Waals surface area contributed by atoms with Gasteiger partial charge in [0.2, 0.25) is 0 Å². The SMILES string of the molecule is Cc1ccc(S(=O)(=O)Oc2cc(S(=O)(=O)[O-])cc3c(S(=O)(=O)O)c(N=Nc4c(S(=O)(=O)[O-])cc5cc(S(=O)(=O)[O-])cc(N)c5c4[O-])ccc23)cc1.[Na+].[Na+].[Na+].[Na+]. The van der Waals surface area contributed by atoms with Crippen LogP contribution in [0.4, 0.5) is 17.1 Å². The molecule has 0 atom stereocenters. The average Bonchev–Trinajstić information content (AvgIpc) is 2.97. The van der Waals surface area contributed by atoms with Crippen molar-refractivity contribution in [2.75, 3.05) is 5.73 Å². The van der Waals surface area contributed by atoms with Crippen LogP contribution in [0.2, 0.25) is 0 Å². The van der Waals surface area contributed by atoms with Crippen molar-refractivity contribution < 1.29 is 188 Å². The van der Waals surface area contributed by atoms with Crippen LogP contribution in [0.15, 0.2) is 101 Å². The normalized spacial score (nSPS) is 12.3. The molecule has 0 saturated carbocycles. The van der Waals surface area contributed by atoms with Gasteiger partial charge in [0.25, 0.3) is 10.1 Å². The molecule has 0 saturated heterocycles. The van der Waals surface area contributed by atoms with Gasteiger partial charge in [-0.05, 0) is 66.2 Å². The summed E-state index contributed by atoms with van der Waals surface area (Å²) in [5, 5.41) is 17.6. The molecule has 0 aromatic heterocycles. The van der Waals surface area contributed by atoms with E-state index in [0.29, 0.717) is 35.9 Å². The van der Waals surface area contributed by atoms with Gasteiger partial charge in [0.1, 0.15) is 45.8 Å². The number of nitrogens with zero attached hydrogens (tertiary/aromatic N) is 2. The van der Waals surface area contributed by atoms with Crippen molar-refractivity contribution in [2.45, 2.75) is 31.4 Å². The maximum atomic E-state index is 13.4. The molecule has 19 nitrogen and oxygen atoms in total. The van der Waals surface area contributed by atoms with E-state index in [4.69, 9.17) is 9.92 Å². The summed E-state index contributed by atoms with van der Waals surface area (Å²) in [4.78, 5) is -5.45. The standard InChI is InChI=1S/C27H21N3O16S5.4Na/c1-13-2-4-15(5-3-13)51(44,45)46-22-12-17(48(35,36)37)10-19-18(22)6-7-21(27(19)50(41,42)43)29-30-25-23(49(38,39)40)9-14-8-16(47(32,33)34)11-20(28)24(14)26(25)31;;;;/h2-12,31H,28H2,1H3,(H,32,33,34)(H,35,36,37)(H,38,39,40)(H,41,42,43);;;;/q;4*+1/p-4. The molecule has 5 rings (SSSR count). The summed E-state index contributed by atoms with van der Waals surface area (Å²) in [6.45, 7) is 1.65. The predicted octanol–water partition coefficient (Wildman–Crippen LogP) is -9.88. The fraction of sp³-hybridized carbons (Fsp3) is 0.0370. The monoisotopic (exact) mass is 891 g/mol. The number of anilines is 1. The van der Waals surface area contributed by atoms with Gasteiger partial charge in [0.05, 0.1) is 20.4 Å². The van der Waals surface area contributed by atoms with E-state index in [0.717, 1.165) is 24.3 Å². The van der Waals surface area contributed by atoms with Gasteiger partial charge < -0.3 is 28.7 Å². The molecule has 0 aliphatic rings. The second-order valence-corrected chi connectivity index (χ2v) is 17.5. The van der Waals surface area contributed by atoms with Crippen molar-refractivity contribution in [1.82, 2.24) is 0 Å². The van der Waals surface area contributed by atoms with E-state index in [2.05, 4.69) is 10.2 Å². The third-order valence-corrected chi connectivity index (χ3v) is 11.7. The van der Waals surface area contributed by atoms with Crippen LogP contribution in [0.25, 0.3) is 21.5 Å². The molecule has 55 heavy (non-hydrogen) atoms. The molecule has 5 aromatic rings. The van der Waals surface area contributed by atoms with Gasteiger partial charge in [-0.1, -0.05) is 23.4 Å². The second-order valence-electron chi connectivity index (χ2n) is 10.5. The number of hydrogen-bond acceptors (Lipinski definition) is 18. The zero-order valence-electron chi connectivity index (χ0n) is 28.9. The Hall–Kier alpha value is -0.790. The van der Waals surface area contributed by atoms with Crippen LogP contribution in [0.3, 0.4) is 0 Å². The van der Waals surface area contributed by atoms with Crippen LogP contribution in [-0.4, -0.2) is 60.3 Å². The average molecular weight is 892 g/mol. The Morgan fingerprint density at radius 2 is 1.20 bits per heavy atom. The number of hydrogen-bond donors (Lipinski definition) is 2. The van der Waals surface area contributed by atoms with Crippen LogP contribution in [-0.2, 0) is 50.6 Å². The van der Waals surface area contributed by atoms with E-state index in [9.17, 15) is 65.4 Å². The number of benzene rings is 5. The van der Waals surface area contributed by atoms with Crippen LogP contribution >= 0.6 is 0 Å². The van der Waals surface area contributed by atoms with E-state index in [1.807, 2.05) is 0 Å². The predicted molar refractivity (Wildman–Crippen MR) is 169 cm³/mol. The van der Waals surface area contributed by atoms with Crippen LogP contribution in [0, 0.1) is 6.92 Å².